The summed E-state index contributed by atoms with van der Waals surface area (Å²) in [4.78, 5) is 0.313. The van der Waals surface area contributed by atoms with Crippen LogP contribution in [-0.2, 0) is 9.84 Å². The highest BCUT2D eigenvalue weighted by Gasteiger charge is 2.34. The number of sulfone groups is 1. The van der Waals surface area contributed by atoms with Gasteiger partial charge in [-0.15, -0.1) is 0 Å². The quantitative estimate of drug-likeness (QED) is 0.930. The fourth-order valence-corrected chi connectivity index (χ4v) is 4.26. The zero-order valence-corrected chi connectivity index (χ0v) is 11.1. The number of rotatable bonds is 3. The van der Waals surface area contributed by atoms with Crippen molar-refractivity contribution in [3.8, 4) is 11.3 Å². The van der Waals surface area contributed by atoms with E-state index in [4.69, 9.17) is 10.3 Å². The van der Waals surface area contributed by atoms with Gasteiger partial charge in [-0.05, 0) is 18.9 Å². The van der Waals surface area contributed by atoms with E-state index in [0.717, 1.165) is 19.3 Å². The Balaban J connectivity index is 2.12. The maximum absolute atomic E-state index is 12.5. The number of anilines is 1. The Morgan fingerprint density at radius 3 is 2.58 bits per heavy atom. The van der Waals surface area contributed by atoms with Crippen molar-refractivity contribution >= 4 is 15.7 Å². The Labute approximate surface area is 111 Å². The number of benzene rings is 1. The van der Waals surface area contributed by atoms with Gasteiger partial charge in [0.1, 0.15) is 5.69 Å². The van der Waals surface area contributed by atoms with Crippen molar-refractivity contribution in [2.75, 3.05) is 5.73 Å². The normalized spacial score (nSPS) is 16.2. The van der Waals surface area contributed by atoms with Crippen LogP contribution >= 0.6 is 0 Å². The molecule has 3 rings (SSSR count). The molecule has 0 unspecified atom stereocenters. The van der Waals surface area contributed by atoms with Crippen LogP contribution in [0.4, 0.5) is 5.88 Å². The predicted octanol–water partition coefficient (Wildman–Crippen LogP) is 2.25. The number of hydrogen-bond acceptors (Lipinski definition) is 5. The van der Waals surface area contributed by atoms with Gasteiger partial charge in [0.2, 0.25) is 5.88 Å². The fourth-order valence-electron chi connectivity index (χ4n) is 2.20. The van der Waals surface area contributed by atoms with Crippen molar-refractivity contribution in [1.29, 1.82) is 0 Å². The van der Waals surface area contributed by atoms with E-state index in [9.17, 15) is 8.42 Å². The van der Waals surface area contributed by atoms with Crippen LogP contribution < -0.4 is 5.73 Å². The van der Waals surface area contributed by atoms with E-state index in [-0.39, 0.29) is 11.1 Å². The maximum atomic E-state index is 12.5. The van der Waals surface area contributed by atoms with Crippen LogP contribution in [0.3, 0.4) is 0 Å². The Morgan fingerprint density at radius 1 is 1.26 bits per heavy atom. The average Bonchev–Trinajstić information content (AvgIpc) is 2.73. The number of hydrogen-bond donors (Lipinski definition) is 1. The van der Waals surface area contributed by atoms with Crippen molar-refractivity contribution in [2.45, 2.75) is 29.4 Å². The lowest BCUT2D eigenvalue weighted by Gasteiger charge is -2.25. The average molecular weight is 278 g/mol. The zero-order valence-electron chi connectivity index (χ0n) is 10.2. The van der Waals surface area contributed by atoms with E-state index in [2.05, 4.69) is 5.16 Å². The predicted molar refractivity (Wildman–Crippen MR) is 71.2 cm³/mol. The Hall–Kier alpha value is -1.82. The zero-order chi connectivity index (χ0) is 13.5. The van der Waals surface area contributed by atoms with Crippen molar-refractivity contribution in [2.24, 2.45) is 0 Å². The fraction of sp³-hybridized carbons (Fsp3) is 0.308. The van der Waals surface area contributed by atoms with Crippen LogP contribution in [0.1, 0.15) is 19.3 Å². The molecule has 1 aromatic carbocycles. The molecule has 0 aliphatic heterocycles. The molecule has 1 heterocycles. The summed E-state index contributed by atoms with van der Waals surface area (Å²) in [6, 6.07) is 8.38. The highest BCUT2D eigenvalue weighted by Crippen LogP contribution is 2.35. The topological polar surface area (TPSA) is 86.2 Å². The molecule has 2 N–H and O–H groups in total. The molecular weight excluding hydrogens is 264 g/mol. The molecular formula is C13H14N2O3S. The Kier molecular flexibility index (Phi) is 2.82. The minimum absolute atomic E-state index is 0.172. The molecule has 5 nitrogen and oxygen atoms in total. The van der Waals surface area contributed by atoms with E-state index in [1.54, 1.807) is 24.3 Å². The van der Waals surface area contributed by atoms with Crippen molar-refractivity contribution < 1.29 is 12.9 Å². The summed E-state index contributed by atoms with van der Waals surface area (Å²) in [6.45, 7) is 0. The summed E-state index contributed by atoms with van der Waals surface area (Å²) >= 11 is 0. The van der Waals surface area contributed by atoms with Gasteiger partial charge in [0.05, 0.1) is 10.1 Å². The number of nitrogens with zero attached hydrogens (tertiary/aromatic N) is 1. The Bertz CT molecular complexity index is 702. The molecule has 1 fully saturated rings. The molecule has 0 spiro atoms. The van der Waals surface area contributed by atoms with Crippen molar-refractivity contribution in [1.82, 2.24) is 5.16 Å². The first kappa shape index (κ1) is 12.2. The number of aromatic nitrogens is 1. The molecule has 1 aliphatic carbocycles. The lowest BCUT2D eigenvalue weighted by atomic mass is 10.00. The largest absolute Gasteiger partial charge is 0.368 e. The molecule has 0 amide bonds. The number of nitrogens with two attached hydrogens (primary N) is 1. The van der Waals surface area contributed by atoms with Crippen LogP contribution in [0.25, 0.3) is 11.3 Å². The highest BCUT2D eigenvalue weighted by atomic mass is 32.2. The minimum atomic E-state index is -3.29. The molecule has 1 aliphatic rings. The van der Waals surface area contributed by atoms with Gasteiger partial charge in [0, 0.05) is 11.6 Å². The van der Waals surface area contributed by atoms with E-state index in [0.29, 0.717) is 16.2 Å². The lowest BCUT2D eigenvalue weighted by Crippen LogP contribution is -2.28. The van der Waals surface area contributed by atoms with Gasteiger partial charge in [-0.2, -0.15) is 0 Å². The van der Waals surface area contributed by atoms with Gasteiger partial charge < -0.3 is 10.3 Å². The summed E-state index contributed by atoms with van der Waals surface area (Å²) in [5.74, 6) is 0.172. The van der Waals surface area contributed by atoms with Crippen LogP contribution in [0.2, 0.25) is 0 Å². The molecule has 2 aromatic rings. The first-order chi connectivity index (χ1) is 9.09. The van der Waals surface area contributed by atoms with Crippen LogP contribution in [-0.4, -0.2) is 18.8 Å². The SMILES string of the molecule is Nc1cc(-c2ccccc2S(=O)(=O)C2CCC2)no1. The van der Waals surface area contributed by atoms with Crippen LogP contribution in [0, 0.1) is 0 Å². The van der Waals surface area contributed by atoms with E-state index >= 15 is 0 Å². The third kappa shape index (κ3) is 2.02. The van der Waals surface area contributed by atoms with Crippen molar-refractivity contribution in [3.63, 3.8) is 0 Å². The lowest BCUT2D eigenvalue weighted by molar-refractivity contribution is 0.439. The highest BCUT2D eigenvalue weighted by molar-refractivity contribution is 7.92. The molecule has 0 saturated heterocycles. The Morgan fingerprint density at radius 2 is 2.00 bits per heavy atom. The second-order valence-electron chi connectivity index (χ2n) is 4.71. The van der Waals surface area contributed by atoms with Gasteiger partial charge >= 0.3 is 0 Å². The van der Waals surface area contributed by atoms with E-state index in [1.165, 1.54) is 6.07 Å². The molecule has 1 saturated carbocycles. The molecule has 100 valence electrons. The van der Waals surface area contributed by atoms with Gasteiger partial charge in [-0.25, -0.2) is 8.42 Å². The van der Waals surface area contributed by atoms with E-state index < -0.39 is 9.84 Å². The van der Waals surface area contributed by atoms with Gasteiger partial charge in [0.15, 0.2) is 9.84 Å². The van der Waals surface area contributed by atoms with Crippen molar-refractivity contribution in [3.05, 3.63) is 30.3 Å². The summed E-state index contributed by atoms with van der Waals surface area (Å²) in [7, 11) is -3.29. The molecule has 0 bridgehead atoms. The summed E-state index contributed by atoms with van der Waals surface area (Å²) < 4.78 is 29.9. The maximum Gasteiger partial charge on any atom is 0.222 e. The van der Waals surface area contributed by atoms with E-state index in [1.807, 2.05) is 0 Å². The third-order valence-corrected chi connectivity index (χ3v) is 5.81. The monoisotopic (exact) mass is 278 g/mol. The second-order valence-corrected chi connectivity index (χ2v) is 6.91. The van der Waals surface area contributed by atoms with Gasteiger partial charge in [-0.3, -0.25) is 0 Å². The van der Waals surface area contributed by atoms with Gasteiger partial charge in [0.25, 0.3) is 0 Å². The minimum Gasteiger partial charge on any atom is -0.368 e. The molecule has 1 aromatic heterocycles. The van der Waals surface area contributed by atoms with Crippen LogP contribution in [0.5, 0.6) is 0 Å². The standard InChI is InChI=1S/C13H14N2O3S/c14-13-8-11(15-18-13)10-6-1-2-7-12(10)19(16,17)9-4-3-5-9/h1-2,6-9H,3-5,14H2. The molecule has 6 heteroatoms. The first-order valence-electron chi connectivity index (χ1n) is 6.14. The molecule has 0 radical (unpaired) electrons. The van der Waals surface area contributed by atoms with Crippen LogP contribution in [0.15, 0.2) is 39.8 Å². The number of nitrogen functional groups attached to an aromatic ring is 1. The first-order valence-corrected chi connectivity index (χ1v) is 7.69. The molecule has 0 atom stereocenters. The van der Waals surface area contributed by atoms with Gasteiger partial charge in [-0.1, -0.05) is 29.8 Å². The molecule has 19 heavy (non-hydrogen) atoms. The third-order valence-electron chi connectivity index (χ3n) is 3.49. The second kappa shape index (κ2) is 4.38. The summed E-state index contributed by atoms with van der Waals surface area (Å²) in [5.41, 5.74) is 6.50. The summed E-state index contributed by atoms with van der Waals surface area (Å²) in [5, 5.41) is 3.53. The smallest absolute Gasteiger partial charge is 0.222 e. The summed E-state index contributed by atoms with van der Waals surface area (Å²) in [6.07, 6.45) is 2.44.